The van der Waals surface area contributed by atoms with Crippen molar-refractivity contribution < 1.29 is 22.7 Å². The highest BCUT2D eigenvalue weighted by Crippen LogP contribution is 2.30. The van der Waals surface area contributed by atoms with Crippen LogP contribution in [0.15, 0.2) is 41.3 Å². The van der Waals surface area contributed by atoms with Gasteiger partial charge in [-0.3, -0.25) is 14.3 Å². The Balaban J connectivity index is 1.88. The first kappa shape index (κ1) is 27.4. The number of benzene rings is 2. The van der Waals surface area contributed by atoms with Gasteiger partial charge in [-0.05, 0) is 55.3 Å². The summed E-state index contributed by atoms with van der Waals surface area (Å²) in [4.78, 5) is 28.7. The molecular formula is C25H35N5O5S. The zero-order chi connectivity index (χ0) is 26.3. The van der Waals surface area contributed by atoms with Gasteiger partial charge in [-0.1, -0.05) is 6.07 Å². The molecule has 11 heteroatoms. The molecule has 0 atom stereocenters. The van der Waals surface area contributed by atoms with Crippen molar-refractivity contribution in [3.63, 3.8) is 0 Å². The minimum Gasteiger partial charge on any atom is -0.383 e. The summed E-state index contributed by atoms with van der Waals surface area (Å²) in [7, 11) is -0.833. The molecule has 0 aromatic heterocycles. The van der Waals surface area contributed by atoms with Crippen molar-refractivity contribution in [3.8, 4) is 0 Å². The number of piperazine rings is 1. The van der Waals surface area contributed by atoms with E-state index in [9.17, 15) is 18.0 Å². The second kappa shape index (κ2) is 12.2. The standard InChI is InChI=1S/C25H35N5O5S/c1-18-5-7-21(15-19(18)2)36(33,34)28-22-16-20(6-8-23(22)30-12-9-26-10-13-30)25(32)29(3)17-24(31)27-11-14-35-4/h5-8,15-16,26,28H,9-14,17H2,1-4H3,(H,27,31). The third-order valence-electron chi connectivity index (χ3n) is 6.09. The zero-order valence-electron chi connectivity index (χ0n) is 21.3. The largest absolute Gasteiger partial charge is 0.383 e. The Labute approximate surface area is 213 Å². The maximum atomic E-state index is 13.3. The van der Waals surface area contributed by atoms with Crippen LogP contribution >= 0.6 is 0 Å². The van der Waals surface area contributed by atoms with Gasteiger partial charge < -0.3 is 25.2 Å². The number of sulfonamides is 1. The maximum absolute atomic E-state index is 13.3. The molecule has 0 spiro atoms. The van der Waals surface area contributed by atoms with Gasteiger partial charge in [-0.25, -0.2) is 8.42 Å². The molecule has 10 nitrogen and oxygen atoms in total. The van der Waals surface area contributed by atoms with Gasteiger partial charge in [0.2, 0.25) is 5.91 Å². The summed E-state index contributed by atoms with van der Waals surface area (Å²) in [6.45, 7) is 7.32. The van der Waals surface area contributed by atoms with Crippen molar-refractivity contribution in [1.29, 1.82) is 0 Å². The molecule has 1 fully saturated rings. The van der Waals surface area contributed by atoms with Crippen LogP contribution in [0.3, 0.4) is 0 Å². The van der Waals surface area contributed by atoms with Gasteiger partial charge in [0.1, 0.15) is 0 Å². The summed E-state index contributed by atoms with van der Waals surface area (Å²) in [5.41, 5.74) is 3.16. The summed E-state index contributed by atoms with van der Waals surface area (Å²) in [6, 6.07) is 9.93. The lowest BCUT2D eigenvalue weighted by molar-refractivity contribution is -0.121. The van der Waals surface area contributed by atoms with Crippen molar-refractivity contribution in [2.75, 3.05) is 69.7 Å². The number of likely N-dealkylation sites (N-methyl/N-ethyl adjacent to an activating group) is 1. The van der Waals surface area contributed by atoms with E-state index in [1.807, 2.05) is 13.8 Å². The molecule has 196 valence electrons. The van der Waals surface area contributed by atoms with E-state index in [2.05, 4.69) is 20.3 Å². The zero-order valence-corrected chi connectivity index (χ0v) is 22.1. The maximum Gasteiger partial charge on any atom is 0.261 e. The highest BCUT2D eigenvalue weighted by Gasteiger charge is 2.23. The topological polar surface area (TPSA) is 120 Å². The summed E-state index contributed by atoms with van der Waals surface area (Å²) >= 11 is 0. The van der Waals surface area contributed by atoms with Crippen LogP contribution in [0.5, 0.6) is 0 Å². The van der Waals surface area contributed by atoms with Crippen molar-refractivity contribution in [3.05, 3.63) is 53.1 Å². The Hall–Kier alpha value is -3.15. The molecule has 0 radical (unpaired) electrons. The molecule has 0 bridgehead atoms. The first-order valence-electron chi connectivity index (χ1n) is 11.8. The smallest absolute Gasteiger partial charge is 0.261 e. The van der Waals surface area contributed by atoms with Crippen molar-refractivity contribution in [2.24, 2.45) is 0 Å². The van der Waals surface area contributed by atoms with E-state index in [0.29, 0.717) is 37.6 Å². The first-order chi connectivity index (χ1) is 17.1. The highest BCUT2D eigenvalue weighted by atomic mass is 32.2. The van der Waals surface area contributed by atoms with Crippen LogP contribution < -0.4 is 20.3 Å². The lowest BCUT2D eigenvalue weighted by Gasteiger charge is -2.31. The third kappa shape index (κ3) is 6.96. The number of nitrogens with zero attached hydrogens (tertiary/aromatic N) is 2. The van der Waals surface area contributed by atoms with Crippen molar-refractivity contribution in [2.45, 2.75) is 18.7 Å². The Bertz CT molecular complexity index is 1200. The number of carbonyl (C=O) groups is 2. The van der Waals surface area contributed by atoms with Crippen LogP contribution in [0.2, 0.25) is 0 Å². The number of anilines is 2. The second-order valence-corrected chi connectivity index (χ2v) is 10.5. The molecule has 0 aliphatic carbocycles. The fourth-order valence-electron chi connectivity index (χ4n) is 3.87. The van der Waals surface area contributed by atoms with Crippen LogP contribution in [0, 0.1) is 13.8 Å². The molecule has 3 rings (SSSR count). The van der Waals surface area contributed by atoms with E-state index in [0.717, 1.165) is 24.2 Å². The number of amides is 2. The van der Waals surface area contributed by atoms with E-state index >= 15 is 0 Å². The molecule has 0 unspecified atom stereocenters. The Kier molecular flexibility index (Phi) is 9.30. The molecular weight excluding hydrogens is 482 g/mol. The SMILES string of the molecule is COCCNC(=O)CN(C)C(=O)c1ccc(N2CCNCC2)c(NS(=O)(=O)c2ccc(C)c(C)c2)c1. The van der Waals surface area contributed by atoms with Crippen LogP contribution in [0.25, 0.3) is 0 Å². The minimum atomic E-state index is -3.90. The predicted molar refractivity (Wildman–Crippen MR) is 140 cm³/mol. The number of hydrogen-bond acceptors (Lipinski definition) is 7. The number of carbonyl (C=O) groups excluding carboxylic acids is 2. The van der Waals surface area contributed by atoms with E-state index < -0.39 is 15.9 Å². The lowest BCUT2D eigenvalue weighted by Crippen LogP contribution is -2.44. The van der Waals surface area contributed by atoms with Gasteiger partial charge in [0.25, 0.3) is 15.9 Å². The molecule has 2 aromatic carbocycles. The molecule has 1 saturated heterocycles. The number of aryl methyl sites for hydroxylation is 2. The van der Waals surface area contributed by atoms with Gasteiger partial charge >= 0.3 is 0 Å². The van der Waals surface area contributed by atoms with Crippen LogP contribution in [0.1, 0.15) is 21.5 Å². The molecule has 36 heavy (non-hydrogen) atoms. The average Bonchev–Trinajstić information content (AvgIpc) is 2.85. The number of nitrogens with one attached hydrogen (secondary N) is 3. The number of ether oxygens (including phenoxy) is 1. The van der Waals surface area contributed by atoms with Crippen LogP contribution in [0.4, 0.5) is 11.4 Å². The fourth-order valence-corrected chi connectivity index (χ4v) is 5.02. The van der Waals surface area contributed by atoms with Crippen LogP contribution in [-0.2, 0) is 19.6 Å². The number of rotatable bonds is 10. The molecule has 2 aromatic rings. The summed E-state index contributed by atoms with van der Waals surface area (Å²) in [6.07, 6.45) is 0. The van der Waals surface area contributed by atoms with E-state index in [-0.39, 0.29) is 22.9 Å². The summed E-state index contributed by atoms with van der Waals surface area (Å²) < 4.78 is 34.2. The number of methoxy groups -OCH3 is 1. The molecule has 1 aliphatic heterocycles. The first-order valence-corrected chi connectivity index (χ1v) is 13.3. The minimum absolute atomic E-state index is 0.133. The van der Waals surface area contributed by atoms with Gasteiger partial charge in [0.15, 0.2) is 0 Å². The van der Waals surface area contributed by atoms with Gasteiger partial charge in [0, 0.05) is 52.4 Å². The molecule has 0 saturated carbocycles. The third-order valence-corrected chi connectivity index (χ3v) is 7.45. The van der Waals surface area contributed by atoms with Gasteiger partial charge in [-0.15, -0.1) is 0 Å². The van der Waals surface area contributed by atoms with Gasteiger partial charge in [0.05, 0.1) is 29.4 Å². The normalized spacial score (nSPS) is 13.8. The Morgan fingerprint density at radius 1 is 1.08 bits per heavy atom. The monoisotopic (exact) mass is 517 g/mol. The summed E-state index contributed by atoms with van der Waals surface area (Å²) in [5.74, 6) is -0.702. The fraction of sp³-hybridized carbons (Fsp3) is 0.440. The molecule has 1 aliphatic rings. The van der Waals surface area contributed by atoms with Gasteiger partial charge in [-0.2, -0.15) is 0 Å². The van der Waals surface area contributed by atoms with Crippen molar-refractivity contribution in [1.82, 2.24) is 15.5 Å². The van der Waals surface area contributed by atoms with E-state index in [1.54, 1.807) is 30.3 Å². The average molecular weight is 518 g/mol. The van der Waals surface area contributed by atoms with E-state index in [4.69, 9.17) is 4.74 Å². The predicted octanol–water partition coefficient (Wildman–Crippen LogP) is 1.35. The highest BCUT2D eigenvalue weighted by molar-refractivity contribution is 7.92. The Morgan fingerprint density at radius 2 is 1.81 bits per heavy atom. The molecule has 2 amide bonds. The van der Waals surface area contributed by atoms with E-state index in [1.165, 1.54) is 25.1 Å². The molecule has 1 heterocycles. The molecule has 3 N–H and O–H groups in total. The quantitative estimate of drug-likeness (QED) is 0.407. The summed E-state index contributed by atoms with van der Waals surface area (Å²) in [5, 5.41) is 5.96. The Morgan fingerprint density at radius 3 is 2.47 bits per heavy atom. The van der Waals surface area contributed by atoms with Crippen molar-refractivity contribution >= 4 is 33.2 Å². The second-order valence-electron chi connectivity index (χ2n) is 8.82. The van der Waals surface area contributed by atoms with Crippen LogP contribution in [-0.4, -0.2) is 85.2 Å². The lowest BCUT2D eigenvalue weighted by atomic mass is 10.1. The number of hydrogen-bond donors (Lipinski definition) is 3.